The van der Waals surface area contributed by atoms with Gasteiger partial charge in [0, 0.05) is 17.2 Å². The molecule has 1 unspecified atom stereocenters. The third-order valence-corrected chi connectivity index (χ3v) is 9.51. The Hall–Kier alpha value is -3.35. The highest BCUT2D eigenvalue weighted by atomic mass is 32.2. The van der Waals surface area contributed by atoms with E-state index in [1.54, 1.807) is 18.5 Å². The predicted octanol–water partition coefficient (Wildman–Crippen LogP) is 4.31. The minimum atomic E-state index is -1.23. The zero-order chi connectivity index (χ0) is 28.1. The van der Waals surface area contributed by atoms with E-state index >= 15 is 0 Å². The fourth-order valence-electron chi connectivity index (χ4n) is 5.73. The van der Waals surface area contributed by atoms with Crippen molar-refractivity contribution in [1.29, 1.82) is 0 Å². The number of thioether (sulfide) groups is 1. The van der Waals surface area contributed by atoms with Crippen LogP contribution in [0.3, 0.4) is 0 Å². The first-order valence-electron chi connectivity index (χ1n) is 12.5. The number of aliphatic hydroxyl groups is 1. The summed E-state index contributed by atoms with van der Waals surface area (Å²) in [4.78, 5) is 45.4. The molecule has 10 nitrogen and oxygen atoms in total. The van der Waals surface area contributed by atoms with Crippen molar-refractivity contribution >= 4 is 51.5 Å². The number of imidazole rings is 1. The van der Waals surface area contributed by atoms with Crippen LogP contribution in [0.15, 0.2) is 47.5 Å². The Morgan fingerprint density at radius 2 is 2.05 bits per heavy atom. The number of amides is 1. The van der Waals surface area contributed by atoms with Crippen molar-refractivity contribution in [2.24, 2.45) is 11.3 Å². The number of thiazole rings is 1. The number of aryl methyl sites for hydroxylation is 1. The van der Waals surface area contributed by atoms with Crippen molar-refractivity contribution in [2.75, 3.05) is 12.9 Å². The lowest BCUT2D eigenvalue weighted by atomic mass is 9.66. The van der Waals surface area contributed by atoms with Gasteiger partial charge in [-0.2, -0.15) is 0 Å². The maximum absolute atomic E-state index is 13.1. The first kappa shape index (κ1) is 27.2. The van der Waals surface area contributed by atoms with E-state index in [9.17, 15) is 24.6 Å². The molecular formula is C27H29N3O7S2. The number of para-hydroxylation sites is 1. The first-order valence-corrected chi connectivity index (χ1v) is 14.6. The Bertz CT molecular complexity index is 1490. The van der Waals surface area contributed by atoms with Gasteiger partial charge in [-0.25, -0.2) is 14.6 Å². The average Bonchev–Trinajstić information content (AvgIpc) is 3.52. The number of aliphatic hydroxyl groups excluding tert-OH is 1. The van der Waals surface area contributed by atoms with Gasteiger partial charge in [0.15, 0.2) is 0 Å². The minimum absolute atomic E-state index is 0.0764. The van der Waals surface area contributed by atoms with Crippen LogP contribution in [0.5, 0.6) is 5.75 Å². The number of carboxylic acids is 1. The standard InChI is InChI=1S/C27H29N3O7S2/c1-5-15-8-6-7-9-16(15)37-26(35)36-11-10-27(3)19(17-12-29-13-28-22(38-4)24(29)39-17)20(25(33)34)30-21(27)18(14(2)31)23(30)32/h6-9,12-14,18,21,31H,5,10-11H2,1-4H3,(H,33,34)/t14-,18-,21-,27?/m1/s1. The molecule has 0 radical (unpaired) electrons. The number of aromatic nitrogens is 2. The Balaban J connectivity index is 1.48. The van der Waals surface area contributed by atoms with Crippen molar-refractivity contribution < 1.29 is 34.1 Å². The molecule has 2 N–H and O–H groups in total. The lowest BCUT2D eigenvalue weighted by molar-refractivity contribution is -0.167. The molecule has 12 heteroatoms. The van der Waals surface area contributed by atoms with Crippen molar-refractivity contribution in [3.05, 3.63) is 52.9 Å². The molecule has 1 amide bonds. The number of carbonyl (C=O) groups is 3. The van der Waals surface area contributed by atoms with Crippen molar-refractivity contribution in [1.82, 2.24) is 14.3 Å². The molecule has 39 heavy (non-hydrogen) atoms. The molecule has 1 aromatic carbocycles. The SMILES string of the molecule is CCc1ccccc1OC(=O)OCCC1(C)C(c2cn3cnc(SC)c3s2)=C(C(=O)O)N2C(=O)[C@H]([C@@H](C)O)[C@@H]21. The van der Waals surface area contributed by atoms with E-state index < -0.39 is 41.5 Å². The Kier molecular flexibility index (Phi) is 7.21. The summed E-state index contributed by atoms with van der Waals surface area (Å²) in [5.74, 6) is -2.02. The van der Waals surface area contributed by atoms with Crippen LogP contribution >= 0.6 is 23.1 Å². The number of aliphatic carboxylic acids is 1. The Morgan fingerprint density at radius 3 is 2.72 bits per heavy atom. The van der Waals surface area contributed by atoms with E-state index in [1.807, 2.05) is 42.8 Å². The van der Waals surface area contributed by atoms with Crippen LogP contribution in [0.1, 0.15) is 37.6 Å². The maximum atomic E-state index is 13.1. The van der Waals surface area contributed by atoms with Crippen LogP contribution in [0.4, 0.5) is 4.79 Å². The maximum Gasteiger partial charge on any atom is 0.513 e. The highest BCUT2D eigenvalue weighted by Crippen LogP contribution is 2.60. The molecule has 1 saturated heterocycles. The first-order chi connectivity index (χ1) is 18.6. The van der Waals surface area contributed by atoms with E-state index in [4.69, 9.17) is 9.47 Å². The lowest BCUT2D eigenvalue weighted by Crippen LogP contribution is -2.66. The molecule has 5 rings (SSSR count). The number of β-lactam (4-membered cyclic amide) rings is 1. The number of fused-ring (bicyclic) bond motifs is 2. The number of carboxylic acid groups (broad SMARTS) is 1. The molecule has 3 aromatic rings. The van der Waals surface area contributed by atoms with Crippen molar-refractivity contribution in [3.63, 3.8) is 0 Å². The van der Waals surface area contributed by atoms with Gasteiger partial charge < -0.3 is 24.6 Å². The van der Waals surface area contributed by atoms with Gasteiger partial charge in [0.1, 0.15) is 27.6 Å². The molecule has 2 aliphatic heterocycles. The van der Waals surface area contributed by atoms with Crippen LogP contribution in [-0.2, 0) is 20.7 Å². The summed E-state index contributed by atoms with van der Waals surface area (Å²) in [5, 5.41) is 21.5. The van der Waals surface area contributed by atoms with Gasteiger partial charge in [-0.15, -0.1) is 23.1 Å². The highest BCUT2D eigenvalue weighted by Gasteiger charge is 2.66. The number of nitrogens with zero attached hydrogens (tertiary/aromatic N) is 3. The third-order valence-electron chi connectivity index (χ3n) is 7.57. The van der Waals surface area contributed by atoms with Crippen LogP contribution < -0.4 is 4.74 Å². The summed E-state index contributed by atoms with van der Waals surface area (Å²) in [7, 11) is 0. The van der Waals surface area contributed by atoms with Crippen molar-refractivity contribution in [2.45, 2.75) is 50.8 Å². The van der Waals surface area contributed by atoms with E-state index in [2.05, 4.69) is 4.98 Å². The van der Waals surface area contributed by atoms with E-state index in [0.29, 0.717) is 22.6 Å². The minimum Gasteiger partial charge on any atom is -0.477 e. The van der Waals surface area contributed by atoms with Crippen LogP contribution in [0, 0.1) is 11.3 Å². The smallest absolute Gasteiger partial charge is 0.477 e. The molecule has 4 atom stereocenters. The number of ether oxygens (including phenoxy) is 2. The molecule has 206 valence electrons. The summed E-state index contributed by atoms with van der Waals surface area (Å²) < 4.78 is 12.7. The van der Waals surface area contributed by atoms with Gasteiger partial charge in [0.05, 0.1) is 29.5 Å². The molecule has 4 heterocycles. The van der Waals surface area contributed by atoms with Gasteiger partial charge in [-0.3, -0.25) is 9.20 Å². The van der Waals surface area contributed by atoms with Gasteiger partial charge in [0.2, 0.25) is 5.91 Å². The number of benzene rings is 1. The number of hydrogen-bond acceptors (Lipinski definition) is 9. The van der Waals surface area contributed by atoms with Crippen LogP contribution in [0.25, 0.3) is 10.4 Å². The fraction of sp³-hybridized carbons (Fsp3) is 0.407. The van der Waals surface area contributed by atoms with Gasteiger partial charge in [-0.05, 0) is 37.7 Å². The largest absolute Gasteiger partial charge is 0.513 e. The predicted molar refractivity (Wildman–Crippen MR) is 146 cm³/mol. The van der Waals surface area contributed by atoms with Gasteiger partial charge >= 0.3 is 12.1 Å². The monoisotopic (exact) mass is 571 g/mol. The fourth-order valence-corrected chi connectivity index (χ4v) is 7.69. The summed E-state index contributed by atoms with van der Waals surface area (Å²) in [6.07, 6.45) is 4.45. The van der Waals surface area contributed by atoms with Crippen LogP contribution in [-0.4, -0.2) is 67.5 Å². The molecule has 0 bridgehead atoms. The normalized spacial score (nSPS) is 23.1. The molecule has 2 aliphatic rings. The molecule has 2 aromatic heterocycles. The summed E-state index contributed by atoms with van der Waals surface area (Å²) in [6, 6.07) is 6.59. The van der Waals surface area contributed by atoms with E-state index in [-0.39, 0.29) is 18.7 Å². The summed E-state index contributed by atoms with van der Waals surface area (Å²) in [6.45, 7) is 5.27. The van der Waals surface area contributed by atoms with E-state index in [0.717, 1.165) is 15.4 Å². The summed E-state index contributed by atoms with van der Waals surface area (Å²) >= 11 is 2.87. The van der Waals surface area contributed by atoms with Crippen molar-refractivity contribution in [3.8, 4) is 5.75 Å². The second-order valence-electron chi connectivity index (χ2n) is 9.84. The molecule has 0 saturated carbocycles. The molecular weight excluding hydrogens is 542 g/mol. The van der Waals surface area contributed by atoms with E-state index in [1.165, 1.54) is 34.9 Å². The number of hydrogen-bond donors (Lipinski definition) is 2. The molecule has 0 aliphatic carbocycles. The van der Waals surface area contributed by atoms with Gasteiger partial charge in [-0.1, -0.05) is 32.0 Å². The van der Waals surface area contributed by atoms with Crippen LogP contribution in [0.2, 0.25) is 0 Å². The zero-order valence-corrected chi connectivity index (χ0v) is 23.5. The zero-order valence-electron chi connectivity index (χ0n) is 21.9. The number of carbonyl (C=O) groups excluding carboxylic acids is 2. The highest BCUT2D eigenvalue weighted by molar-refractivity contribution is 7.98. The lowest BCUT2D eigenvalue weighted by Gasteiger charge is -2.50. The second kappa shape index (κ2) is 10.3. The summed E-state index contributed by atoms with van der Waals surface area (Å²) in [5.41, 5.74) is 0.309. The quantitative estimate of drug-likeness (QED) is 0.167. The molecule has 1 fully saturated rings. The Labute approximate surface area is 233 Å². The third kappa shape index (κ3) is 4.40. The topological polar surface area (TPSA) is 131 Å². The number of rotatable bonds is 9. The molecule has 0 spiro atoms. The Morgan fingerprint density at radius 1 is 1.31 bits per heavy atom. The second-order valence-corrected chi connectivity index (χ2v) is 11.7. The average molecular weight is 572 g/mol. The van der Waals surface area contributed by atoms with Gasteiger partial charge in [0.25, 0.3) is 0 Å².